The van der Waals surface area contributed by atoms with Gasteiger partial charge in [0.25, 0.3) is 0 Å². The molecule has 15 N–H and O–H groups in total. The standard InChI is InChI=1S/C34H63N9O11/c1-18(2)16-25(32(51)40-23(12-13-26(45)46)31(50)41-24(34(53)54)11-7-9-15-36)42-30(49)22(10-6-8-14-35)39-28(47)20(5)38-33(52)27(19(3)4)43-29(48)21(37)17-44/h18-25,27,44H,6-17,35-37H2,1-5H3,(H,38,52)(H,39,47)(H,40,51)(H,41,50)(H,42,49)(H,43,48)(H,45,46)(H,53,54)/t20-,21-,22-,23-,24-,25-,27-/m0/s1. The maximum absolute atomic E-state index is 13.7. The van der Waals surface area contributed by atoms with Gasteiger partial charge in [0.2, 0.25) is 35.4 Å². The fourth-order valence-corrected chi connectivity index (χ4v) is 5.11. The van der Waals surface area contributed by atoms with Gasteiger partial charge in [-0.05, 0) is 83.2 Å². The van der Waals surface area contributed by atoms with Crippen molar-refractivity contribution in [3.63, 3.8) is 0 Å². The summed E-state index contributed by atoms with van der Waals surface area (Å²) >= 11 is 0. The molecule has 0 unspecified atom stereocenters. The van der Waals surface area contributed by atoms with E-state index in [4.69, 9.17) is 22.3 Å². The van der Waals surface area contributed by atoms with Crippen molar-refractivity contribution in [2.24, 2.45) is 29.0 Å². The second-order valence-electron chi connectivity index (χ2n) is 14.0. The van der Waals surface area contributed by atoms with Crippen LogP contribution in [0.3, 0.4) is 0 Å². The van der Waals surface area contributed by atoms with Gasteiger partial charge in [-0.2, -0.15) is 0 Å². The van der Waals surface area contributed by atoms with Crippen molar-refractivity contribution in [2.75, 3.05) is 19.7 Å². The lowest BCUT2D eigenvalue weighted by molar-refractivity contribution is -0.143. The Labute approximate surface area is 316 Å². The Morgan fingerprint density at radius 3 is 1.48 bits per heavy atom. The quantitative estimate of drug-likeness (QED) is 0.0356. The zero-order valence-electron chi connectivity index (χ0n) is 32.0. The number of unbranched alkanes of at least 4 members (excludes halogenated alkanes) is 2. The van der Waals surface area contributed by atoms with E-state index in [2.05, 4.69) is 31.9 Å². The lowest BCUT2D eigenvalue weighted by Crippen LogP contribution is -2.60. The number of nitrogens with one attached hydrogen (secondary N) is 6. The first kappa shape index (κ1) is 49.6. The van der Waals surface area contributed by atoms with Gasteiger partial charge in [-0.1, -0.05) is 27.7 Å². The molecule has 0 aromatic heterocycles. The summed E-state index contributed by atoms with van der Waals surface area (Å²) in [6.07, 6.45) is 1.12. The number of carboxylic acid groups (broad SMARTS) is 2. The first-order valence-corrected chi connectivity index (χ1v) is 18.3. The van der Waals surface area contributed by atoms with Gasteiger partial charge in [0.1, 0.15) is 42.3 Å². The SMILES string of the molecule is CC(C)C[C@H](NC(=O)[C@H](CCCCN)NC(=O)[C@H](C)NC(=O)[C@@H](NC(=O)[C@@H](N)CO)C(C)C)C(=O)N[C@@H](CCC(=O)O)C(=O)N[C@@H](CCCCN)C(=O)O. The Morgan fingerprint density at radius 2 is 1.02 bits per heavy atom. The summed E-state index contributed by atoms with van der Waals surface area (Å²) in [5.74, 6) is -7.94. The average molecular weight is 774 g/mol. The van der Waals surface area contributed by atoms with E-state index >= 15 is 0 Å². The molecule has 0 aliphatic heterocycles. The minimum absolute atomic E-state index is 0.0532. The maximum Gasteiger partial charge on any atom is 0.326 e. The molecule has 0 aromatic carbocycles. The molecule has 0 aliphatic rings. The van der Waals surface area contributed by atoms with Gasteiger partial charge in [0.05, 0.1) is 6.61 Å². The average Bonchev–Trinajstić information content (AvgIpc) is 3.09. The summed E-state index contributed by atoms with van der Waals surface area (Å²) < 4.78 is 0. The van der Waals surface area contributed by atoms with Crippen molar-refractivity contribution in [3.8, 4) is 0 Å². The first-order chi connectivity index (χ1) is 25.3. The summed E-state index contributed by atoms with van der Waals surface area (Å²) in [6, 6.07) is -8.79. The molecule has 0 aromatic rings. The number of carbonyl (C=O) groups is 8. The molecule has 0 spiro atoms. The summed E-state index contributed by atoms with van der Waals surface area (Å²) in [4.78, 5) is 102. The highest BCUT2D eigenvalue weighted by molar-refractivity contribution is 5.97. The second kappa shape index (κ2) is 26.4. The predicted octanol–water partition coefficient (Wildman–Crippen LogP) is -2.86. The Bertz CT molecular complexity index is 1250. The number of aliphatic hydroxyl groups excluding tert-OH is 1. The van der Waals surface area contributed by atoms with Crippen LogP contribution in [0.4, 0.5) is 0 Å². The van der Waals surface area contributed by atoms with Crippen LogP contribution in [0.25, 0.3) is 0 Å². The molecule has 7 atom stereocenters. The summed E-state index contributed by atoms with van der Waals surface area (Å²) in [7, 11) is 0. The number of aliphatic carboxylic acids is 2. The number of carboxylic acids is 2. The van der Waals surface area contributed by atoms with Gasteiger partial charge in [0, 0.05) is 6.42 Å². The number of hydrogen-bond donors (Lipinski definition) is 12. The molecule has 0 rings (SSSR count). The van der Waals surface area contributed by atoms with E-state index in [-0.39, 0.29) is 31.6 Å². The van der Waals surface area contributed by atoms with Gasteiger partial charge >= 0.3 is 11.9 Å². The van der Waals surface area contributed by atoms with Gasteiger partial charge in [-0.15, -0.1) is 0 Å². The molecule has 0 saturated heterocycles. The normalized spacial score (nSPS) is 15.1. The lowest BCUT2D eigenvalue weighted by atomic mass is 10.0. The van der Waals surface area contributed by atoms with Crippen molar-refractivity contribution in [2.45, 2.75) is 135 Å². The summed E-state index contributed by atoms with van der Waals surface area (Å²) in [5, 5.41) is 43.0. The highest BCUT2D eigenvalue weighted by atomic mass is 16.4. The van der Waals surface area contributed by atoms with E-state index in [1.165, 1.54) is 6.92 Å². The van der Waals surface area contributed by atoms with Crippen molar-refractivity contribution < 1.29 is 53.7 Å². The Kier molecular flexibility index (Phi) is 24.2. The molecule has 6 amide bonds. The molecule has 0 fully saturated rings. The number of carbonyl (C=O) groups excluding carboxylic acids is 6. The second-order valence-corrected chi connectivity index (χ2v) is 14.0. The Balaban J connectivity index is 6.08. The number of hydrogen-bond acceptors (Lipinski definition) is 12. The van der Waals surface area contributed by atoms with E-state index in [0.29, 0.717) is 38.8 Å². The van der Waals surface area contributed by atoms with E-state index in [1.54, 1.807) is 27.7 Å². The number of amides is 6. The van der Waals surface area contributed by atoms with E-state index in [0.717, 1.165) is 0 Å². The minimum Gasteiger partial charge on any atom is -0.481 e. The molecule has 0 heterocycles. The van der Waals surface area contributed by atoms with Gasteiger partial charge in [0.15, 0.2) is 0 Å². The van der Waals surface area contributed by atoms with Gasteiger partial charge in [-0.25, -0.2) is 4.79 Å². The molecular formula is C34H63N9O11. The molecule has 0 radical (unpaired) electrons. The summed E-state index contributed by atoms with van der Waals surface area (Å²) in [6.45, 7) is 8.18. The molecule has 54 heavy (non-hydrogen) atoms. The van der Waals surface area contributed by atoms with E-state index in [1.807, 2.05) is 0 Å². The Morgan fingerprint density at radius 1 is 0.556 bits per heavy atom. The van der Waals surface area contributed by atoms with Crippen LogP contribution in [0.2, 0.25) is 0 Å². The van der Waals surface area contributed by atoms with Crippen molar-refractivity contribution in [1.82, 2.24) is 31.9 Å². The lowest BCUT2D eigenvalue weighted by Gasteiger charge is -2.28. The highest BCUT2D eigenvalue weighted by Gasteiger charge is 2.33. The molecule has 0 bridgehead atoms. The van der Waals surface area contributed by atoms with Crippen molar-refractivity contribution in [1.29, 1.82) is 0 Å². The molecule has 310 valence electrons. The van der Waals surface area contributed by atoms with Crippen LogP contribution in [0.5, 0.6) is 0 Å². The van der Waals surface area contributed by atoms with Gasteiger partial charge in [-0.3, -0.25) is 33.6 Å². The zero-order chi connectivity index (χ0) is 41.5. The smallest absolute Gasteiger partial charge is 0.326 e. The third-order valence-corrected chi connectivity index (χ3v) is 8.29. The van der Waals surface area contributed by atoms with Crippen LogP contribution in [-0.4, -0.2) is 125 Å². The summed E-state index contributed by atoms with van der Waals surface area (Å²) in [5.41, 5.74) is 16.6. The molecule has 0 saturated carbocycles. The molecular weight excluding hydrogens is 710 g/mol. The number of aliphatic hydroxyl groups is 1. The van der Waals surface area contributed by atoms with Crippen LogP contribution in [-0.2, 0) is 38.4 Å². The van der Waals surface area contributed by atoms with Crippen LogP contribution >= 0.6 is 0 Å². The van der Waals surface area contributed by atoms with E-state index < -0.39 is 109 Å². The molecule has 0 aliphatic carbocycles. The van der Waals surface area contributed by atoms with Crippen LogP contribution in [0, 0.1) is 11.8 Å². The monoisotopic (exact) mass is 773 g/mol. The third kappa shape index (κ3) is 19.6. The largest absolute Gasteiger partial charge is 0.481 e. The van der Waals surface area contributed by atoms with Crippen LogP contribution < -0.4 is 49.1 Å². The fourth-order valence-electron chi connectivity index (χ4n) is 5.11. The highest BCUT2D eigenvalue weighted by Crippen LogP contribution is 2.11. The maximum atomic E-state index is 13.7. The van der Waals surface area contributed by atoms with Crippen molar-refractivity contribution >= 4 is 47.4 Å². The van der Waals surface area contributed by atoms with Crippen LogP contribution in [0.15, 0.2) is 0 Å². The van der Waals surface area contributed by atoms with Gasteiger partial charge < -0.3 is 64.4 Å². The van der Waals surface area contributed by atoms with Crippen molar-refractivity contribution in [3.05, 3.63) is 0 Å². The number of nitrogens with two attached hydrogens (primary N) is 3. The number of rotatable bonds is 28. The first-order valence-electron chi connectivity index (χ1n) is 18.3. The fraction of sp³-hybridized carbons (Fsp3) is 0.765. The third-order valence-electron chi connectivity index (χ3n) is 8.29. The van der Waals surface area contributed by atoms with Crippen LogP contribution in [0.1, 0.15) is 92.4 Å². The zero-order valence-corrected chi connectivity index (χ0v) is 32.0. The molecule has 20 nitrogen and oxygen atoms in total. The molecule has 20 heteroatoms. The van der Waals surface area contributed by atoms with E-state index in [9.17, 15) is 48.6 Å². The predicted molar refractivity (Wildman–Crippen MR) is 197 cm³/mol. The Hall–Kier alpha value is -4.40. The topological polar surface area (TPSA) is 347 Å². The minimum atomic E-state index is -1.46.